The van der Waals surface area contributed by atoms with Crippen LogP contribution in [0.1, 0.15) is 34.9 Å². The first-order chi connectivity index (χ1) is 16.0. The lowest BCUT2D eigenvalue weighted by Crippen LogP contribution is -2.37. The first-order valence-electron chi connectivity index (χ1n) is 10.8. The molecular weight excluding hydrogens is 440 g/mol. The second-order valence-electron chi connectivity index (χ2n) is 8.16. The minimum atomic E-state index is -0.835. The molecule has 2 atom stereocenters. The molecule has 3 N–H and O–H groups in total. The summed E-state index contributed by atoms with van der Waals surface area (Å²) in [7, 11) is 0. The number of aliphatic carboxylic acids is 1. The predicted octanol–water partition coefficient (Wildman–Crippen LogP) is 2.93. The summed E-state index contributed by atoms with van der Waals surface area (Å²) in [4.78, 5) is 32.6. The molecule has 1 aromatic carbocycles. The normalized spacial score (nSPS) is 20.0. The monoisotopic (exact) mass is 464 g/mol. The second kappa shape index (κ2) is 8.95. The zero-order valence-corrected chi connectivity index (χ0v) is 19.0. The van der Waals surface area contributed by atoms with Gasteiger partial charge in [0, 0.05) is 36.7 Å². The van der Waals surface area contributed by atoms with Crippen LogP contribution < -0.4 is 10.6 Å². The van der Waals surface area contributed by atoms with Gasteiger partial charge in [-0.05, 0) is 11.1 Å². The molecular formula is C23H24N6O3S. The van der Waals surface area contributed by atoms with Crippen LogP contribution in [0.15, 0.2) is 41.6 Å². The van der Waals surface area contributed by atoms with Gasteiger partial charge in [0.15, 0.2) is 5.82 Å². The molecule has 0 spiro atoms. The molecule has 9 nitrogen and oxygen atoms in total. The third-order valence-corrected chi connectivity index (χ3v) is 7.44. The molecule has 0 radical (unpaired) electrons. The number of ether oxygens (including phenoxy) is 1. The third-order valence-electron chi connectivity index (χ3n) is 5.88. The molecule has 0 saturated carbocycles. The number of nitrogens with zero attached hydrogens (tertiary/aromatic N) is 5. The van der Waals surface area contributed by atoms with Gasteiger partial charge < -0.3 is 20.5 Å². The van der Waals surface area contributed by atoms with Crippen molar-refractivity contribution in [3.05, 3.63) is 53.5 Å². The Morgan fingerprint density at radius 3 is 2.73 bits per heavy atom. The smallest absolute Gasteiger partial charge is 0.307 e. The van der Waals surface area contributed by atoms with Gasteiger partial charge in [0.2, 0.25) is 5.95 Å². The van der Waals surface area contributed by atoms with Crippen LogP contribution >= 0.6 is 11.8 Å². The Kier molecular flexibility index (Phi) is 5.86. The molecule has 33 heavy (non-hydrogen) atoms. The highest BCUT2D eigenvalue weighted by molar-refractivity contribution is 8.00. The highest BCUT2D eigenvalue weighted by Crippen LogP contribution is 2.56. The predicted molar refractivity (Wildman–Crippen MR) is 125 cm³/mol. The number of benzene rings is 1. The number of carboxylic acid groups (broad SMARTS) is 1. The lowest BCUT2D eigenvalue weighted by Gasteiger charge is -2.29. The van der Waals surface area contributed by atoms with E-state index in [1.807, 2.05) is 18.2 Å². The topological polar surface area (TPSA) is 127 Å². The van der Waals surface area contributed by atoms with Crippen LogP contribution in [0.5, 0.6) is 0 Å². The summed E-state index contributed by atoms with van der Waals surface area (Å²) in [6.07, 6.45) is 3.30. The quantitative estimate of drug-likeness (QED) is 0.582. The van der Waals surface area contributed by atoms with Gasteiger partial charge in [-0.1, -0.05) is 31.2 Å². The van der Waals surface area contributed by atoms with Gasteiger partial charge in [-0.25, -0.2) is 19.9 Å². The van der Waals surface area contributed by atoms with Crippen LogP contribution in [0.25, 0.3) is 11.4 Å². The van der Waals surface area contributed by atoms with E-state index in [0.29, 0.717) is 24.6 Å². The fourth-order valence-electron chi connectivity index (χ4n) is 4.23. The van der Waals surface area contributed by atoms with E-state index in [9.17, 15) is 9.90 Å². The largest absolute Gasteiger partial charge is 0.481 e. The first-order valence-corrected chi connectivity index (χ1v) is 11.7. The fraction of sp³-hybridized carbons (Fsp3) is 0.348. The summed E-state index contributed by atoms with van der Waals surface area (Å²) >= 11 is 1.75. The van der Waals surface area contributed by atoms with Gasteiger partial charge >= 0.3 is 5.97 Å². The Labute approximate surface area is 195 Å². The van der Waals surface area contributed by atoms with Gasteiger partial charge in [0.05, 0.1) is 35.8 Å². The van der Waals surface area contributed by atoms with Crippen LogP contribution in [0.2, 0.25) is 0 Å². The van der Waals surface area contributed by atoms with Crippen LogP contribution in [-0.4, -0.2) is 57.3 Å². The Hall–Kier alpha value is -3.24. The summed E-state index contributed by atoms with van der Waals surface area (Å²) in [6, 6.07) is 7.83. The first kappa shape index (κ1) is 21.6. The van der Waals surface area contributed by atoms with Gasteiger partial charge in [0.1, 0.15) is 5.82 Å². The van der Waals surface area contributed by atoms with Crippen molar-refractivity contribution < 1.29 is 14.6 Å². The number of rotatable bonds is 5. The van der Waals surface area contributed by atoms with Crippen LogP contribution in [0, 0.1) is 0 Å². The standard InChI is InChI=1S/C23H24N6O3S/c1-13-18-20(33-19(13)15-4-2-3-14(9-15)10-17(30)31)22(29-5-7-32-8-6-29)28-21(27-18)16-11-25-23(24)26-12-16/h2-4,9,11-13,19H,5-8,10H2,1H3,(H,30,31)(H2,24,25,26). The number of thioether (sulfide) groups is 1. The average molecular weight is 465 g/mol. The molecule has 2 aliphatic rings. The van der Waals surface area contributed by atoms with Crippen molar-refractivity contribution in [3.8, 4) is 11.4 Å². The Bertz CT molecular complexity index is 1180. The molecule has 5 rings (SSSR count). The molecule has 2 unspecified atom stereocenters. The molecule has 1 fully saturated rings. The average Bonchev–Trinajstić information content (AvgIpc) is 3.16. The number of hydrogen-bond donors (Lipinski definition) is 2. The highest BCUT2D eigenvalue weighted by Gasteiger charge is 2.37. The van der Waals surface area contributed by atoms with Crippen molar-refractivity contribution in [2.24, 2.45) is 0 Å². The zero-order valence-electron chi connectivity index (χ0n) is 18.1. The van der Waals surface area contributed by atoms with Crippen molar-refractivity contribution in [1.82, 2.24) is 19.9 Å². The highest BCUT2D eigenvalue weighted by atomic mass is 32.2. The maximum Gasteiger partial charge on any atom is 0.307 e. The van der Waals surface area contributed by atoms with Gasteiger partial charge in [-0.15, -0.1) is 11.8 Å². The molecule has 0 bridgehead atoms. The molecule has 0 amide bonds. The van der Waals surface area contributed by atoms with Crippen molar-refractivity contribution in [2.75, 3.05) is 36.9 Å². The SMILES string of the molecule is CC1c2nc(-c3cnc(N)nc3)nc(N3CCOCC3)c2SC1c1cccc(CC(=O)O)c1. The van der Waals surface area contributed by atoms with E-state index < -0.39 is 5.97 Å². The van der Waals surface area contributed by atoms with E-state index >= 15 is 0 Å². The van der Waals surface area contributed by atoms with Crippen LogP contribution in [0.3, 0.4) is 0 Å². The number of aromatic nitrogens is 4. The van der Waals surface area contributed by atoms with Crippen LogP contribution in [0.4, 0.5) is 11.8 Å². The minimum Gasteiger partial charge on any atom is -0.481 e. The number of hydrogen-bond acceptors (Lipinski definition) is 9. The number of nitrogen functional groups attached to an aromatic ring is 1. The maximum absolute atomic E-state index is 11.2. The van der Waals surface area contributed by atoms with E-state index in [0.717, 1.165) is 40.6 Å². The van der Waals surface area contributed by atoms with Gasteiger partial charge in [-0.2, -0.15) is 0 Å². The molecule has 4 heterocycles. The zero-order chi connectivity index (χ0) is 22.9. The summed E-state index contributed by atoms with van der Waals surface area (Å²) < 4.78 is 5.55. The summed E-state index contributed by atoms with van der Waals surface area (Å²) in [5.41, 5.74) is 9.25. The Morgan fingerprint density at radius 1 is 1.24 bits per heavy atom. The van der Waals surface area contributed by atoms with Crippen LogP contribution in [-0.2, 0) is 16.0 Å². The molecule has 10 heteroatoms. The van der Waals surface area contributed by atoms with E-state index in [2.05, 4.69) is 27.9 Å². The summed E-state index contributed by atoms with van der Waals surface area (Å²) in [5, 5.41) is 9.31. The number of anilines is 2. The number of fused-ring (bicyclic) bond motifs is 1. The number of morpholine rings is 1. The second-order valence-corrected chi connectivity index (χ2v) is 9.31. The minimum absolute atomic E-state index is 0.00662. The maximum atomic E-state index is 11.2. The van der Waals surface area contributed by atoms with Crippen molar-refractivity contribution in [1.29, 1.82) is 0 Å². The van der Waals surface area contributed by atoms with Gasteiger partial charge in [0.25, 0.3) is 0 Å². The molecule has 170 valence electrons. The van der Waals surface area contributed by atoms with E-state index in [4.69, 9.17) is 20.4 Å². The molecule has 1 saturated heterocycles. The molecule has 2 aliphatic heterocycles. The van der Waals surface area contributed by atoms with Crippen molar-refractivity contribution >= 4 is 29.5 Å². The molecule has 2 aromatic heterocycles. The van der Waals surface area contributed by atoms with Crippen molar-refractivity contribution in [2.45, 2.75) is 29.4 Å². The molecule has 3 aromatic rings. The van der Waals surface area contributed by atoms with Crippen molar-refractivity contribution in [3.63, 3.8) is 0 Å². The third kappa shape index (κ3) is 4.36. The lowest BCUT2D eigenvalue weighted by molar-refractivity contribution is -0.136. The Balaban J connectivity index is 1.56. The van der Waals surface area contributed by atoms with Gasteiger partial charge in [-0.3, -0.25) is 4.79 Å². The molecule has 0 aliphatic carbocycles. The Morgan fingerprint density at radius 2 is 2.00 bits per heavy atom. The van der Waals surface area contributed by atoms with E-state index in [1.165, 1.54) is 0 Å². The summed E-state index contributed by atoms with van der Waals surface area (Å²) in [5.74, 6) is 0.956. The number of carbonyl (C=O) groups is 1. The van der Waals surface area contributed by atoms with E-state index in [-0.39, 0.29) is 23.5 Å². The summed E-state index contributed by atoms with van der Waals surface area (Å²) in [6.45, 7) is 4.98. The van der Waals surface area contributed by atoms with E-state index in [1.54, 1.807) is 24.2 Å². The fourth-order valence-corrected chi connectivity index (χ4v) is 5.74. The lowest BCUT2D eigenvalue weighted by atomic mass is 9.95. The number of carboxylic acids is 1. The number of nitrogens with two attached hydrogens (primary N) is 1.